The van der Waals surface area contributed by atoms with Gasteiger partial charge in [-0.15, -0.1) is 0 Å². The Morgan fingerprint density at radius 1 is 0.889 bits per heavy atom. The van der Waals surface area contributed by atoms with Gasteiger partial charge < -0.3 is 5.11 Å². The van der Waals surface area contributed by atoms with E-state index >= 15 is 0 Å². The van der Waals surface area contributed by atoms with E-state index in [9.17, 15) is 26.3 Å². The van der Waals surface area contributed by atoms with Gasteiger partial charge in [-0.2, -0.15) is 26.3 Å². The molecule has 2 fully saturated rings. The van der Waals surface area contributed by atoms with E-state index in [4.69, 9.17) is 5.11 Å². The highest BCUT2D eigenvalue weighted by atomic mass is 19.4. The van der Waals surface area contributed by atoms with Crippen LogP contribution in [0.3, 0.4) is 0 Å². The second-order valence-electron chi connectivity index (χ2n) is 5.39. The highest BCUT2D eigenvalue weighted by Gasteiger charge is 2.60. The highest BCUT2D eigenvalue weighted by Crippen LogP contribution is 2.55. The van der Waals surface area contributed by atoms with E-state index in [2.05, 4.69) is 0 Å². The fourth-order valence-corrected chi connectivity index (χ4v) is 3.59. The molecular weight excluding hydrogens is 262 g/mol. The molecule has 0 aromatic heterocycles. The Morgan fingerprint density at radius 2 is 1.50 bits per heavy atom. The van der Waals surface area contributed by atoms with E-state index in [1.54, 1.807) is 0 Å². The van der Waals surface area contributed by atoms with Crippen LogP contribution in [-0.4, -0.2) is 23.6 Å². The lowest BCUT2D eigenvalue weighted by molar-refractivity contribution is -0.288. The van der Waals surface area contributed by atoms with E-state index in [-0.39, 0.29) is 18.3 Å². The summed E-state index contributed by atoms with van der Waals surface area (Å²) in [7, 11) is 0. The number of rotatable bonds is 2. The van der Waals surface area contributed by atoms with Crippen molar-refractivity contribution in [1.29, 1.82) is 0 Å². The minimum Gasteiger partial charge on any atom is -0.383 e. The molecule has 2 aliphatic rings. The molecule has 5 unspecified atom stereocenters. The van der Waals surface area contributed by atoms with Crippen LogP contribution in [0.2, 0.25) is 0 Å². The van der Waals surface area contributed by atoms with Gasteiger partial charge in [-0.1, -0.05) is 6.42 Å². The lowest BCUT2D eigenvalue weighted by Crippen LogP contribution is -2.48. The topological polar surface area (TPSA) is 20.2 Å². The number of aliphatic hydroxyl groups excluding tert-OH is 1. The summed E-state index contributed by atoms with van der Waals surface area (Å²) in [5.74, 6) is -3.97. The Labute approximate surface area is 100 Å². The van der Waals surface area contributed by atoms with Gasteiger partial charge in [-0.05, 0) is 37.0 Å². The smallest absolute Gasteiger partial charge is 0.383 e. The number of halogens is 6. The molecule has 5 atom stereocenters. The minimum atomic E-state index is -5.22. The van der Waals surface area contributed by atoms with Crippen molar-refractivity contribution in [3.8, 4) is 0 Å². The summed E-state index contributed by atoms with van der Waals surface area (Å²) in [6, 6.07) is 0. The van der Waals surface area contributed by atoms with E-state index in [0.717, 1.165) is 6.42 Å². The SMILES string of the molecule is OC(C(C1CC2CCC1C2)C(F)(F)F)C(F)(F)F. The molecule has 0 radical (unpaired) electrons. The Kier molecular flexibility index (Phi) is 3.32. The third-order valence-electron chi connectivity index (χ3n) is 4.31. The lowest BCUT2D eigenvalue weighted by Gasteiger charge is -2.35. The lowest BCUT2D eigenvalue weighted by atomic mass is 9.76. The molecule has 2 saturated carbocycles. The molecule has 1 nitrogen and oxygen atoms in total. The maximum absolute atomic E-state index is 12.8. The molecule has 2 rings (SSSR count). The van der Waals surface area contributed by atoms with Gasteiger partial charge in [0.25, 0.3) is 0 Å². The average molecular weight is 276 g/mol. The number of aliphatic hydroxyl groups is 1. The standard InChI is InChI=1S/C11H14F6O/c12-10(13,14)8(9(18)11(15,16)17)7-4-5-1-2-6(7)3-5/h5-9,18H,1-4H2. The quantitative estimate of drug-likeness (QED) is 0.765. The van der Waals surface area contributed by atoms with Crippen LogP contribution in [0, 0.1) is 23.7 Å². The summed E-state index contributed by atoms with van der Waals surface area (Å²) in [6.07, 6.45) is -11.5. The van der Waals surface area contributed by atoms with Crippen LogP contribution in [0.4, 0.5) is 26.3 Å². The number of alkyl halides is 6. The number of fused-ring (bicyclic) bond motifs is 2. The third kappa shape index (κ3) is 2.46. The maximum atomic E-state index is 12.8. The summed E-state index contributed by atoms with van der Waals surface area (Å²) < 4.78 is 75.6. The van der Waals surface area contributed by atoms with Crippen LogP contribution in [0.25, 0.3) is 0 Å². The van der Waals surface area contributed by atoms with Crippen molar-refractivity contribution in [2.75, 3.05) is 0 Å². The summed E-state index contributed by atoms with van der Waals surface area (Å²) in [4.78, 5) is 0. The Balaban J connectivity index is 2.21. The summed E-state index contributed by atoms with van der Waals surface area (Å²) in [5, 5.41) is 9.02. The summed E-state index contributed by atoms with van der Waals surface area (Å²) >= 11 is 0. The van der Waals surface area contributed by atoms with Gasteiger partial charge in [0.15, 0.2) is 6.10 Å². The first kappa shape index (κ1) is 14.0. The second-order valence-corrected chi connectivity index (χ2v) is 5.39. The molecule has 0 aromatic rings. The van der Waals surface area contributed by atoms with Crippen LogP contribution < -0.4 is 0 Å². The van der Waals surface area contributed by atoms with Crippen LogP contribution >= 0.6 is 0 Å². The number of hydrogen-bond acceptors (Lipinski definition) is 1. The molecule has 106 valence electrons. The van der Waals surface area contributed by atoms with E-state index in [0.29, 0.717) is 12.8 Å². The van der Waals surface area contributed by atoms with Crippen molar-refractivity contribution < 1.29 is 31.4 Å². The molecular formula is C11H14F6O. The molecule has 2 aliphatic carbocycles. The molecule has 7 heteroatoms. The van der Waals surface area contributed by atoms with Crippen molar-refractivity contribution in [1.82, 2.24) is 0 Å². The largest absolute Gasteiger partial charge is 0.414 e. The normalized spacial score (nSPS) is 35.8. The first-order chi connectivity index (χ1) is 8.10. The van der Waals surface area contributed by atoms with Crippen molar-refractivity contribution in [3.05, 3.63) is 0 Å². The number of hydrogen-bond donors (Lipinski definition) is 1. The van der Waals surface area contributed by atoms with Crippen LogP contribution in [0.15, 0.2) is 0 Å². The fraction of sp³-hybridized carbons (Fsp3) is 1.00. The molecule has 0 aliphatic heterocycles. The maximum Gasteiger partial charge on any atom is 0.414 e. The van der Waals surface area contributed by atoms with Gasteiger partial charge in [-0.3, -0.25) is 0 Å². The van der Waals surface area contributed by atoms with Crippen LogP contribution in [0.5, 0.6) is 0 Å². The second kappa shape index (κ2) is 4.28. The molecule has 1 N–H and O–H groups in total. The molecule has 0 aromatic carbocycles. The van der Waals surface area contributed by atoms with Crippen molar-refractivity contribution in [2.24, 2.45) is 23.7 Å². The van der Waals surface area contributed by atoms with Gasteiger partial charge >= 0.3 is 12.4 Å². The summed E-state index contributed by atoms with van der Waals surface area (Å²) in [6.45, 7) is 0. The molecule has 0 heterocycles. The van der Waals surface area contributed by atoms with E-state index < -0.39 is 30.3 Å². The van der Waals surface area contributed by atoms with Crippen LogP contribution in [0.1, 0.15) is 25.7 Å². The molecule has 0 spiro atoms. The zero-order valence-corrected chi connectivity index (χ0v) is 9.43. The van der Waals surface area contributed by atoms with Gasteiger partial charge in [0.1, 0.15) is 0 Å². The molecule has 18 heavy (non-hydrogen) atoms. The van der Waals surface area contributed by atoms with E-state index in [1.165, 1.54) is 0 Å². The average Bonchev–Trinajstić information content (AvgIpc) is 2.75. The van der Waals surface area contributed by atoms with Crippen molar-refractivity contribution in [3.63, 3.8) is 0 Å². The first-order valence-electron chi connectivity index (χ1n) is 5.92. The zero-order chi connectivity index (χ0) is 13.7. The fourth-order valence-electron chi connectivity index (χ4n) is 3.59. The van der Waals surface area contributed by atoms with Crippen molar-refractivity contribution >= 4 is 0 Å². The van der Waals surface area contributed by atoms with Gasteiger partial charge in [0, 0.05) is 0 Å². The minimum absolute atomic E-state index is 0.102. The molecule has 2 bridgehead atoms. The predicted octanol–water partition coefficient (Wildman–Crippen LogP) is 3.52. The van der Waals surface area contributed by atoms with Crippen molar-refractivity contribution in [2.45, 2.75) is 44.1 Å². The first-order valence-corrected chi connectivity index (χ1v) is 5.92. The van der Waals surface area contributed by atoms with Gasteiger partial charge in [-0.25, -0.2) is 0 Å². The Bertz CT molecular complexity index is 310. The monoisotopic (exact) mass is 276 g/mol. The molecule has 0 amide bonds. The summed E-state index contributed by atoms with van der Waals surface area (Å²) in [5.41, 5.74) is 0. The predicted molar refractivity (Wildman–Crippen MR) is 50.5 cm³/mol. The Hall–Kier alpha value is -0.460. The van der Waals surface area contributed by atoms with Crippen LogP contribution in [-0.2, 0) is 0 Å². The third-order valence-corrected chi connectivity index (χ3v) is 4.31. The van der Waals surface area contributed by atoms with Gasteiger partial charge in [0.05, 0.1) is 5.92 Å². The Morgan fingerprint density at radius 3 is 1.83 bits per heavy atom. The van der Waals surface area contributed by atoms with E-state index in [1.807, 2.05) is 0 Å². The zero-order valence-electron chi connectivity index (χ0n) is 9.43. The van der Waals surface area contributed by atoms with Gasteiger partial charge in [0.2, 0.25) is 0 Å². The highest BCUT2D eigenvalue weighted by molar-refractivity contribution is 4.98. The molecule has 0 saturated heterocycles.